The zero-order valence-electron chi connectivity index (χ0n) is 13.1. The number of carbonyl (C=O) groups is 1. The standard InChI is InChI=1S/C17H23FN2O3/c18-15-9-12(20-17(21)10-13-3-1-7-22-13)5-6-16(15)19-11-14-4-2-8-23-14/h5-6,9,13-14,19H,1-4,7-8,10-11H2,(H,20,21). The van der Waals surface area contributed by atoms with Gasteiger partial charge in [0.05, 0.1) is 24.3 Å². The second kappa shape index (κ2) is 7.75. The van der Waals surface area contributed by atoms with Crippen LogP contribution in [0.3, 0.4) is 0 Å². The van der Waals surface area contributed by atoms with Crippen LogP contribution in [0.15, 0.2) is 18.2 Å². The van der Waals surface area contributed by atoms with Gasteiger partial charge in [-0.2, -0.15) is 0 Å². The average molecular weight is 322 g/mol. The minimum Gasteiger partial charge on any atom is -0.380 e. The molecule has 0 bridgehead atoms. The predicted molar refractivity (Wildman–Crippen MR) is 86.1 cm³/mol. The molecule has 126 valence electrons. The zero-order chi connectivity index (χ0) is 16.1. The van der Waals surface area contributed by atoms with Crippen LogP contribution in [-0.4, -0.2) is 37.9 Å². The van der Waals surface area contributed by atoms with Crippen LogP contribution < -0.4 is 10.6 Å². The molecule has 6 heteroatoms. The van der Waals surface area contributed by atoms with E-state index in [1.54, 1.807) is 12.1 Å². The summed E-state index contributed by atoms with van der Waals surface area (Å²) in [5.74, 6) is -0.519. The van der Waals surface area contributed by atoms with Gasteiger partial charge in [0, 0.05) is 25.4 Å². The van der Waals surface area contributed by atoms with Crippen molar-refractivity contribution in [3.05, 3.63) is 24.0 Å². The lowest BCUT2D eigenvalue weighted by atomic mass is 10.1. The Morgan fingerprint density at radius 2 is 1.91 bits per heavy atom. The number of amides is 1. The summed E-state index contributed by atoms with van der Waals surface area (Å²) in [6.07, 6.45) is 4.44. The summed E-state index contributed by atoms with van der Waals surface area (Å²) in [6, 6.07) is 4.69. The number of carbonyl (C=O) groups excluding carboxylic acids is 1. The van der Waals surface area contributed by atoms with Gasteiger partial charge in [-0.25, -0.2) is 4.39 Å². The number of ether oxygens (including phenoxy) is 2. The molecule has 2 saturated heterocycles. The molecular formula is C17H23FN2O3. The van der Waals surface area contributed by atoms with E-state index in [0.717, 1.165) is 38.9 Å². The van der Waals surface area contributed by atoms with Crippen LogP contribution >= 0.6 is 0 Å². The van der Waals surface area contributed by atoms with E-state index in [1.807, 2.05) is 0 Å². The second-order valence-electron chi connectivity index (χ2n) is 6.10. The van der Waals surface area contributed by atoms with E-state index in [9.17, 15) is 9.18 Å². The molecule has 0 radical (unpaired) electrons. The van der Waals surface area contributed by atoms with Gasteiger partial charge >= 0.3 is 0 Å². The van der Waals surface area contributed by atoms with Gasteiger partial charge < -0.3 is 20.1 Å². The first kappa shape index (κ1) is 16.2. The normalized spacial score (nSPS) is 23.9. The van der Waals surface area contributed by atoms with Crippen molar-refractivity contribution in [1.29, 1.82) is 0 Å². The molecule has 1 aromatic carbocycles. The average Bonchev–Trinajstić information content (AvgIpc) is 3.19. The molecule has 2 aliphatic rings. The summed E-state index contributed by atoms with van der Waals surface area (Å²) in [5.41, 5.74) is 0.894. The molecule has 0 saturated carbocycles. The van der Waals surface area contributed by atoms with E-state index < -0.39 is 0 Å². The lowest BCUT2D eigenvalue weighted by Crippen LogP contribution is -2.20. The summed E-state index contributed by atoms with van der Waals surface area (Å²) >= 11 is 0. The smallest absolute Gasteiger partial charge is 0.226 e. The van der Waals surface area contributed by atoms with Gasteiger partial charge in [-0.05, 0) is 43.9 Å². The van der Waals surface area contributed by atoms with Crippen molar-refractivity contribution in [2.45, 2.75) is 44.3 Å². The summed E-state index contributed by atoms with van der Waals surface area (Å²) < 4.78 is 25.0. The van der Waals surface area contributed by atoms with Crippen LogP contribution in [-0.2, 0) is 14.3 Å². The first-order valence-corrected chi connectivity index (χ1v) is 8.27. The number of hydrogen-bond donors (Lipinski definition) is 2. The second-order valence-corrected chi connectivity index (χ2v) is 6.10. The van der Waals surface area contributed by atoms with Crippen molar-refractivity contribution >= 4 is 17.3 Å². The van der Waals surface area contributed by atoms with Crippen molar-refractivity contribution < 1.29 is 18.7 Å². The third-order valence-electron chi connectivity index (χ3n) is 4.23. The van der Waals surface area contributed by atoms with Crippen LogP contribution in [0, 0.1) is 5.82 Å². The summed E-state index contributed by atoms with van der Waals surface area (Å²) in [4.78, 5) is 11.9. The third kappa shape index (κ3) is 4.65. The maximum Gasteiger partial charge on any atom is 0.226 e. The molecule has 2 unspecified atom stereocenters. The van der Waals surface area contributed by atoms with Gasteiger partial charge in [-0.3, -0.25) is 4.79 Å². The van der Waals surface area contributed by atoms with E-state index >= 15 is 0 Å². The molecule has 0 aromatic heterocycles. The number of hydrogen-bond acceptors (Lipinski definition) is 4. The van der Waals surface area contributed by atoms with Gasteiger partial charge in [0.15, 0.2) is 0 Å². The first-order chi connectivity index (χ1) is 11.2. The molecule has 0 spiro atoms. The van der Waals surface area contributed by atoms with Crippen LogP contribution in [0.4, 0.5) is 15.8 Å². The highest BCUT2D eigenvalue weighted by Gasteiger charge is 2.19. The van der Waals surface area contributed by atoms with Gasteiger partial charge in [-0.15, -0.1) is 0 Å². The van der Waals surface area contributed by atoms with Gasteiger partial charge in [0.25, 0.3) is 0 Å². The van der Waals surface area contributed by atoms with E-state index in [0.29, 0.717) is 24.3 Å². The Morgan fingerprint density at radius 3 is 2.57 bits per heavy atom. The topological polar surface area (TPSA) is 59.6 Å². The van der Waals surface area contributed by atoms with E-state index in [-0.39, 0.29) is 23.9 Å². The Kier molecular flexibility index (Phi) is 5.46. The number of anilines is 2. The van der Waals surface area contributed by atoms with Crippen molar-refractivity contribution in [2.24, 2.45) is 0 Å². The third-order valence-corrected chi connectivity index (χ3v) is 4.23. The maximum absolute atomic E-state index is 14.1. The predicted octanol–water partition coefficient (Wildman–Crippen LogP) is 2.92. The minimum atomic E-state index is -0.377. The number of rotatable bonds is 6. The molecule has 5 nitrogen and oxygen atoms in total. The molecule has 2 heterocycles. The first-order valence-electron chi connectivity index (χ1n) is 8.27. The van der Waals surface area contributed by atoms with Crippen LogP contribution in [0.25, 0.3) is 0 Å². The fourth-order valence-electron chi connectivity index (χ4n) is 2.99. The lowest BCUT2D eigenvalue weighted by molar-refractivity contribution is -0.118. The number of halogens is 1. The highest BCUT2D eigenvalue weighted by atomic mass is 19.1. The van der Waals surface area contributed by atoms with Crippen molar-refractivity contribution in [3.63, 3.8) is 0 Å². The van der Waals surface area contributed by atoms with Crippen molar-refractivity contribution in [2.75, 3.05) is 30.4 Å². The zero-order valence-corrected chi connectivity index (χ0v) is 13.1. The van der Waals surface area contributed by atoms with Crippen LogP contribution in [0.5, 0.6) is 0 Å². The van der Waals surface area contributed by atoms with E-state index in [4.69, 9.17) is 9.47 Å². The van der Waals surface area contributed by atoms with Crippen LogP contribution in [0.2, 0.25) is 0 Å². The number of benzene rings is 1. The minimum absolute atomic E-state index is 0.00722. The molecule has 0 aliphatic carbocycles. The molecule has 2 N–H and O–H groups in total. The van der Waals surface area contributed by atoms with Gasteiger partial charge in [0.2, 0.25) is 5.91 Å². The number of nitrogens with one attached hydrogen (secondary N) is 2. The van der Waals surface area contributed by atoms with E-state index in [2.05, 4.69) is 10.6 Å². The highest BCUT2D eigenvalue weighted by Crippen LogP contribution is 2.21. The van der Waals surface area contributed by atoms with Crippen molar-refractivity contribution in [3.8, 4) is 0 Å². The highest BCUT2D eigenvalue weighted by molar-refractivity contribution is 5.91. The molecule has 1 aromatic rings. The lowest BCUT2D eigenvalue weighted by Gasteiger charge is -2.14. The largest absolute Gasteiger partial charge is 0.380 e. The molecule has 2 atom stereocenters. The monoisotopic (exact) mass is 322 g/mol. The van der Waals surface area contributed by atoms with Crippen molar-refractivity contribution in [1.82, 2.24) is 0 Å². The summed E-state index contributed by atoms with van der Waals surface area (Å²) in [5, 5.41) is 5.78. The van der Waals surface area contributed by atoms with Gasteiger partial charge in [-0.1, -0.05) is 0 Å². The maximum atomic E-state index is 14.1. The SMILES string of the molecule is O=C(CC1CCCO1)Nc1ccc(NCC2CCCO2)c(F)c1. The Balaban J connectivity index is 1.50. The fraction of sp³-hybridized carbons (Fsp3) is 0.588. The molecule has 3 rings (SSSR count). The molecular weight excluding hydrogens is 299 g/mol. The Labute approximate surface area is 135 Å². The van der Waals surface area contributed by atoms with Gasteiger partial charge in [0.1, 0.15) is 5.82 Å². The Morgan fingerprint density at radius 1 is 1.17 bits per heavy atom. The quantitative estimate of drug-likeness (QED) is 0.845. The molecule has 2 aliphatic heterocycles. The van der Waals surface area contributed by atoms with E-state index in [1.165, 1.54) is 6.07 Å². The summed E-state index contributed by atoms with van der Waals surface area (Å²) in [7, 11) is 0. The van der Waals surface area contributed by atoms with Crippen LogP contribution in [0.1, 0.15) is 32.1 Å². The Bertz CT molecular complexity index is 541. The molecule has 2 fully saturated rings. The fourth-order valence-corrected chi connectivity index (χ4v) is 2.99. The summed E-state index contributed by atoms with van der Waals surface area (Å²) in [6.45, 7) is 2.10. The molecule has 1 amide bonds. The molecule has 23 heavy (non-hydrogen) atoms. The Hall–Kier alpha value is -1.66.